The van der Waals surface area contributed by atoms with Gasteiger partial charge < -0.3 is 14.8 Å². The van der Waals surface area contributed by atoms with Gasteiger partial charge in [-0.25, -0.2) is 9.59 Å². The molecule has 0 aliphatic rings. The van der Waals surface area contributed by atoms with Gasteiger partial charge in [0, 0.05) is 5.92 Å². The van der Waals surface area contributed by atoms with Gasteiger partial charge in [-0.2, -0.15) is 0 Å². The highest BCUT2D eigenvalue weighted by atomic mass is 16.6. The van der Waals surface area contributed by atoms with Gasteiger partial charge in [-0.1, -0.05) is 91.0 Å². The van der Waals surface area contributed by atoms with Crippen LogP contribution in [0.15, 0.2) is 91.0 Å². The zero-order chi connectivity index (χ0) is 23.0. The van der Waals surface area contributed by atoms with Gasteiger partial charge in [-0.3, -0.25) is 0 Å². The lowest BCUT2D eigenvalue weighted by Gasteiger charge is -2.29. The van der Waals surface area contributed by atoms with Gasteiger partial charge in [-0.05, 0) is 37.5 Å². The van der Waals surface area contributed by atoms with E-state index in [0.717, 1.165) is 16.7 Å². The topological polar surface area (TPSA) is 64.6 Å². The van der Waals surface area contributed by atoms with Crippen LogP contribution in [0.25, 0.3) is 0 Å². The van der Waals surface area contributed by atoms with Crippen LogP contribution in [0, 0.1) is 0 Å². The number of alkyl carbamates (subject to hydrolysis) is 1. The molecule has 1 amide bonds. The number of nitrogens with one attached hydrogen (secondary N) is 1. The average molecular weight is 432 g/mol. The summed E-state index contributed by atoms with van der Waals surface area (Å²) >= 11 is 0. The maximum atomic E-state index is 13.3. The van der Waals surface area contributed by atoms with Crippen LogP contribution in [-0.4, -0.2) is 23.7 Å². The van der Waals surface area contributed by atoms with E-state index >= 15 is 0 Å². The Morgan fingerprint density at radius 3 is 1.72 bits per heavy atom. The fourth-order valence-corrected chi connectivity index (χ4v) is 3.43. The number of amides is 1. The lowest BCUT2D eigenvalue weighted by molar-refractivity contribution is -0.147. The summed E-state index contributed by atoms with van der Waals surface area (Å²) in [6.07, 6.45) is -0.670. The molecule has 0 fully saturated rings. The third kappa shape index (κ3) is 6.71. The first-order chi connectivity index (χ1) is 15.3. The second-order valence-corrected chi connectivity index (χ2v) is 8.52. The SMILES string of the molecule is CC(C)(C)OC(=O)N[C@H](C(=O)OCc1ccccc1)C(c1ccccc1)c1ccccc1. The smallest absolute Gasteiger partial charge is 0.408 e. The number of benzene rings is 3. The maximum Gasteiger partial charge on any atom is 0.408 e. The second kappa shape index (κ2) is 10.6. The molecule has 3 aromatic rings. The Labute approximate surface area is 189 Å². The highest BCUT2D eigenvalue weighted by Crippen LogP contribution is 2.29. The van der Waals surface area contributed by atoms with Crippen molar-refractivity contribution in [3.63, 3.8) is 0 Å². The third-order valence-corrected chi connectivity index (χ3v) is 4.80. The van der Waals surface area contributed by atoms with Crippen LogP contribution in [0.5, 0.6) is 0 Å². The van der Waals surface area contributed by atoms with E-state index < -0.39 is 29.6 Å². The Kier molecular flexibility index (Phi) is 7.66. The first-order valence-electron chi connectivity index (χ1n) is 10.6. The Bertz CT molecular complexity index is 959. The van der Waals surface area contributed by atoms with Crippen LogP contribution < -0.4 is 5.32 Å². The molecular weight excluding hydrogens is 402 g/mol. The molecule has 0 aromatic heterocycles. The first kappa shape index (κ1) is 23.1. The van der Waals surface area contributed by atoms with Crippen LogP contribution in [0.4, 0.5) is 4.79 Å². The molecule has 0 unspecified atom stereocenters. The minimum absolute atomic E-state index is 0.114. The van der Waals surface area contributed by atoms with E-state index in [1.807, 2.05) is 91.0 Å². The summed E-state index contributed by atoms with van der Waals surface area (Å²) in [7, 11) is 0. The first-order valence-corrected chi connectivity index (χ1v) is 10.6. The van der Waals surface area contributed by atoms with Crippen molar-refractivity contribution in [2.24, 2.45) is 0 Å². The van der Waals surface area contributed by atoms with Gasteiger partial charge in [0.1, 0.15) is 18.2 Å². The fraction of sp³-hybridized carbons (Fsp3) is 0.259. The molecule has 0 heterocycles. The molecule has 0 spiro atoms. The van der Waals surface area contributed by atoms with E-state index in [1.165, 1.54) is 0 Å². The van der Waals surface area contributed by atoms with Crippen molar-refractivity contribution in [1.29, 1.82) is 0 Å². The Hall–Kier alpha value is -3.60. The van der Waals surface area contributed by atoms with Crippen molar-refractivity contribution < 1.29 is 19.1 Å². The van der Waals surface area contributed by atoms with Crippen molar-refractivity contribution in [3.05, 3.63) is 108 Å². The number of carbonyl (C=O) groups is 2. The summed E-state index contributed by atoms with van der Waals surface area (Å²) in [6.45, 7) is 5.45. The molecule has 0 aliphatic heterocycles. The maximum absolute atomic E-state index is 13.3. The number of rotatable bonds is 7. The molecular formula is C27H29NO4. The summed E-state index contributed by atoms with van der Waals surface area (Å²) in [5, 5.41) is 2.77. The quantitative estimate of drug-likeness (QED) is 0.505. The zero-order valence-electron chi connectivity index (χ0n) is 18.7. The number of ether oxygens (including phenoxy) is 2. The molecule has 1 atom stereocenters. The third-order valence-electron chi connectivity index (χ3n) is 4.80. The minimum atomic E-state index is -0.974. The monoisotopic (exact) mass is 431 g/mol. The lowest BCUT2D eigenvalue weighted by Crippen LogP contribution is -2.47. The van der Waals surface area contributed by atoms with Gasteiger partial charge >= 0.3 is 12.1 Å². The molecule has 3 aromatic carbocycles. The van der Waals surface area contributed by atoms with Crippen molar-refractivity contribution >= 4 is 12.1 Å². The van der Waals surface area contributed by atoms with Crippen molar-refractivity contribution in [1.82, 2.24) is 5.32 Å². The molecule has 0 radical (unpaired) electrons. The molecule has 1 N–H and O–H groups in total. The fourth-order valence-electron chi connectivity index (χ4n) is 3.43. The summed E-state index contributed by atoms with van der Waals surface area (Å²) < 4.78 is 11.1. The van der Waals surface area contributed by atoms with Crippen LogP contribution >= 0.6 is 0 Å². The minimum Gasteiger partial charge on any atom is -0.459 e. The lowest BCUT2D eigenvalue weighted by atomic mass is 9.85. The number of hydrogen-bond donors (Lipinski definition) is 1. The van der Waals surface area contributed by atoms with Crippen LogP contribution in [0.2, 0.25) is 0 Å². The summed E-state index contributed by atoms with van der Waals surface area (Å²) in [5.74, 6) is -0.981. The van der Waals surface area contributed by atoms with Gasteiger partial charge in [-0.15, -0.1) is 0 Å². The Morgan fingerprint density at radius 2 is 1.25 bits per heavy atom. The standard InChI is InChI=1S/C27H29NO4/c1-27(2,3)32-26(30)28-24(25(29)31-19-20-13-7-4-8-14-20)23(21-15-9-5-10-16-21)22-17-11-6-12-18-22/h4-18,23-24H,19H2,1-3H3,(H,28,30)/t24-/m0/s1. The predicted molar refractivity (Wildman–Crippen MR) is 124 cm³/mol. The molecule has 0 bridgehead atoms. The summed E-state index contributed by atoms with van der Waals surface area (Å²) in [6, 6.07) is 27.7. The molecule has 5 heteroatoms. The van der Waals surface area contributed by atoms with Crippen LogP contribution in [-0.2, 0) is 20.9 Å². The summed E-state index contributed by atoms with van der Waals surface area (Å²) in [5.41, 5.74) is 1.94. The van der Waals surface area contributed by atoms with Crippen molar-refractivity contribution in [2.75, 3.05) is 0 Å². The molecule has 5 nitrogen and oxygen atoms in total. The number of hydrogen-bond acceptors (Lipinski definition) is 4. The largest absolute Gasteiger partial charge is 0.459 e. The molecule has 0 saturated carbocycles. The second-order valence-electron chi connectivity index (χ2n) is 8.52. The van der Waals surface area contributed by atoms with E-state index in [9.17, 15) is 9.59 Å². The normalized spacial score (nSPS) is 12.1. The van der Waals surface area contributed by atoms with E-state index in [1.54, 1.807) is 20.8 Å². The number of esters is 1. The molecule has 166 valence electrons. The van der Waals surface area contributed by atoms with E-state index in [4.69, 9.17) is 9.47 Å². The highest BCUT2D eigenvalue weighted by Gasteiger charge is 2.35. The van der Waals surface area contributed by atoms with Crippen LogP contribution in [0.1, 0.15) is 43.4 Å². The van der Waals surface area contributed by atoms with Crippen LogP contribution in [0.3, 0.4) is 0 Å². The van der Waals surface area contributed by atoms with Gasteiger partial charge in [0.2, 0.25) is 0 Å². The average Bonchev–Trinajstić information content (AvgIpc) is 2.78. The van der Waals surface area contributed by atoms with Crippen molar-refractivity contribution in [3.8, 4) is 0 Å². The highest BCUT2D eigenvalue weighted by molar-refractivity contribution is 5.83. The van der Waals surface area contributed by atoms with Gasteiger partial charge in [0.25, 0.3) is 0 Å². The molecule has 0 saturated heterocycles. The zero-order valence-corrected chi connectivity index (χ0v) is 18.7. The van der Waals surface area contributed by atoms with Crippen molar-refractivity contribution in [2.45, 2.75) is 44.9 Å². The van der Waals surface area contributed by atoms with E-state index in [2.05, 4.69) is 5.32 Å². The summed E-state index contributed by atoms with van der Waals surface area (Å²) in [4.78, 5) is 26.0. The number of carbonyl (C=O) groups excluding carboxylic acids is 2. The van der Waals surface area contributed by atoms with E-state index in [0.29, 0.717) is 0 Å². The Morgan fingerprint density at radius 1 is 0.781 bits per heavy atom. The molecule has 32 heavy (non-hydrogen) atoms. The van der Waals surface area contributed by atoms with Gasteiger partial charge in [0.15, 0.2) is 0 Å². The Balaban J connectivity index is 1.93. The molecule has 0 aliphatic carbocycles. The molecule has 3 rings (SSSR count). The van der Waals surface area contributed by atoms with Gasteiger partial charge in [0.05, 0.1) is 0 Å². The predicted octanol–water partition coefficient (Wildman–Crippen LogP) is 5.46. The van der Waals surface area contributed by atoms with E-state index in [-0.39, 0.29) is 6.61 Å².